The molecule has 1 aromatic heterocycles. The van der Waals surface area contributed by atoms with E-state index < -0.39 is 5.91 Å². The van der Waals surface area contributed by atoms with E-state index in [1.807, 2.05) is 0 Å². The molecule has 2 aromatic rings. The molecule has 1 atom stereocenters. The lowest BCUT2D eigenvalue weighted by atomic mass is 9.88. The minimum absolute atomic E-state index is 0.0749. The fourth-order valence-corrected chi connectivity index (χ4v) is 5.44. The van der Waals surface area contributed by atoms with Gasteiger partial charge in [-0.25, -0.2) is 4.79 Å². The SMILES string of the molecule is CCOC(=O)c1c(NC(=S)NC(=O)c2cc(OC)c(OC)c(OC)c2)sc2c1CCC(C)C2. The zero-order chi connectivity index (χ0) is 24.1. The minimum atomic E-state index is -0.459. The molecule has 33 heavy (non-hydrogen) atoms. The summed E-state index contributed by atoms with van der Waals surface area (Å²) in [6.07, 6.45) is 2.73. The molecule has 0 spiro atoms. The summed E-state index contributed by atoms with van der Waals surface area (Å²) in [5.74, 6) is 0.793. The first-order valence-electron chi connectivity index (χ1n) is 10.6. The molecule has 8 nitrogen and oxygen atoms in total. The van der Waals surface area contributed by atoms with E-state index in [2.05, 4.69) is 17.6 Å². The number of hydrogen-bond acceptors (Lipinski definition) is 8. The summed E-state index contributed by atoms with van der Waals surface area (Å²) in [5.41, 5.74) is 1.80. The van der Waals surface area contributed by atoms with Crippen molar-refractivity contribution in [2.45, 2.75) is 33.1 Å². The molecule has 3 rings (SSSR count). The molecular weight excluding hydrogens is 464 g/mol. The van der Waals surface area contributed by atoms with E-state index in [1.165, 1.54) is 44.8 Å². The Hall–Kier alpha value is -2.85. The quantitative estimate of drug-likeness (QED) is 0.439. The summed E-state index contributed by atoms with van der Waals surface area (Å²) in [4.78, 5) is 26.7. The number of methoxy groups -OCH3 is 3. The number of carbonyl (C=O) groups is 2. The molecule has 0 bridgehead atoms. The first kappa shape index (κ1) is 24.8. The van der Waals surface area contributed by atoms with Gasteiger partial charge < -0.3 is 24.3 Å². The van der Waals surface area contributed by atoms with Crippen LogP contribution in [0.2, 0.25) is 0 Å². The molecule has 178 valence electrons. The monoisotopic (exact) mass is 492 g/mol. The maximum atomic E-state index is 12.9. The van der Waals surface area contributed by atoms with Gasteiger partial charge in [0, 0.05) is 10.4 Å². The molecule has 0 aliphatic heterocycles. The van der Waals surface area contributed by atoms with Gasteiger partial charge in [-0.1, -0.05) is 6.92 Å². The number of benzene rings is 1. The van der Waals surface area contributed by atoms with Crippen molar-refractivity contribution >= 4 is 45.5 Å². The smallest absolute Gasteiger partial charge is 0.341 e. The molecular formula is C23H28N2O6S2. The second kappa shape index (κ2) is 10.8. The number of hydrogen-bond donors (Lipinski definition) is 2. The Bertz CT molecular complexity index is 1040. The molecule has 1 amide bonds. The highest BCUT2D eigenvalue weighted by molar-refractivity contribution is 7.80. The Morgan fingerprint density at radius 3 is 2.39 bits per heavy atom. The number of carbonyl (C=O) groups excluding carboxylic acids is 2. The van der Waals surface area contributed by atoms with Crippen LogP contribution in [0.15, 0.2) is 12.1 Å². The molecule has 2 N–H and O–H groups in total. The summed E-state index contributed by atoms with van der Waals surface area (Å²) in [7, 11) is 4.44. The second-order valence-electron chi connectivity index (χ2n) is 7.60. The molecule has 1 unspecified atom stereocenters. The number of nitrogens with one attached hydrogen (secondary N) is 2. The average Bonchev–Trinajstić information content (AvgIpc) is 3.14. The highest BCUT2D eigenvalue weighted by Gasteiger charge is 2.29. The fourth-order valence-electron chi connectivity index (χ4n) is 3.78. The Kier molecular flexibility index (Phi) is 8.15. The predicted octanol–water partition coefficient (Wildman–Crippen LogP) is 4.20. The maximum Gasteiger partial charge on any atom is 0.341 e. The summed E-state index contributed by atoms with van der Waals surface area (Å²) >= 11 is 6.86. The van der Waals surface area contributed by atoms with Crippen LogP contribution in [-0.4, -0.2) is 44.9 Å². The molecule has 1 aliphatic carbocycles. The summed E-state index contributed by atoms with van der Waals surface area (Å²) in [6, 6.07) is 3.07. The lowest BCUT2D eigenvalue weighted by Crippen LogP contribution is -2.34. The predicted molar refractivity (Wildman–Crippen MR) is 131 cm³/mol. The second-order valence-corrected chi connectivity index (χ2v) is 9.11. The molecule has 1 heterocycles. The van der Waals surface area contributed by atoms with Gasteiger partial charge in [-0.05, 0) is 62.0 Å². The molecule has 10 heteroatoms. The van der Waals surface area contributed by atoms with Crippen LogP contribution >= 0.6 is 23.6 Å². The molecule has 0 fully saturated rings. The van der Waals surface area contributed by atoms with Crippen LogP contribution in [-0.2, 0) is 17.6 Å². The first-order valence-corrected chi connectivity index (χ1v) is 11.8. The number of esters is 1. The lowest BCUT2D eigenvalue weighted by molar-refractivity contribution is 0.0526. The molecule has 1 aromatic carbocycles. The minimum Gasteiger partial charge on any atom is -0.493 e. The van der Waals surface area contributed by atoms with Crippen LogP contribution in [0.5, 0.6) is 17.2 Å². The van der Waals surface area contributed by atoms with E-state index in [0.717, 1.165) is 29.7 Å². The largest absolute Gasteiger partial charge is 0.493 e. The van der Waals surface area contributed by atoms with Crippen LogP contribution in [0, 0.1) is 5.92 Å². The Morgan fingerprint density at radius 1 is 1.15 bits per heavy atom. The maximum absolute atomic E-state index is 12.9. The Morgan fingerprint density at radius 2 is 1.82 bits per heavy atom. The fraction of sp³-hybridized carbons (Fsp3) is 0.435. The molecule has 0 saturated carbocycles. The van der Waals surface area contributed by atoms with Gasteiger partial charge >= 0.3 is 5.97 Å². The van der Waals surface area contributed by atoms with Crippen LogP contribution < -0.4 is 24.8 Å². The van der Waals surface area contributed by atoms with Gasteiger partial charge in [0.2, 0.25) is 5.75 Å². The summed E-state index contributed by atoms with van der Waals surface area (Å²) in [5, 5.41) is 6.35. The number of thiophene rings is 1. The van der Waals surface area contributed by atoms with E-state index in [1.54, 1.807) is 6.92 Å². The molecule has 1 aliphatic rings. The average molecular weight is 493 g/mol. The van der Waals surface area contributed by atoms with Crippen molar-refractivity contribution in [3.05, 3.63) is 33.7 Å². The Labute approximate surface area is 202 Å². The van der Waals surface area contributed by atoms with E-state index in [9.17, 15) is 9.59 Å². The first-order chi connectivity index (χ1) is 15.8. The summed E-state index contributed by atoms with van der Waals surface area (Å²) in [6.45, 7) is 4.25. The van der Waals surface area contributed by atoms with Crippen LogP contribution in [0.4, 0.5) is 5.00 Å². The zero-order valence-corrected chi connectivity index (χ0v) is 21.0. The van der Waals surface area contributed by atoms with E-state index >= 15 is 0 Å². The number of ether oxygens (including phenoxy) is 4. The van der Waals surface area contributed by atoms with Gasteiger partial charge in [-0.3, -0.25) is 10.1 Å². The van der Waals surface area contributed by atoms with Crippen molar-refractivity contribution in [1.82, 2.24) is 5.32 Å². The third kappa shape index (κ3) is 5.39. The number of rotatable bonds is 7. The van der Waals surface area contributed by atoms with Crippen molar-refractivity contribution in [2.24, 2.45) is 5.92 Å². The molecule has 0 radical (unpaired) electrons. The summed E-state index contributed by atoms with van der Waals surface area (Å²) < 4.78 is 21.2. The third-order valence-electron chi connectivity index (χ3n) is 5.37. The van der Waals surface area contributed by atoms with Crippen LogP contribution in [0.25, 0.3) is 0 Å². The van der Waals surface area contributed by atoms with Crippen molar-refractivity contribution in [3.8, 4) is 17.2 Å². The normalized spacial score (nSPS) is 14.6. The van der Waals surface area contributed by atoms with E-state index in [-0.39, 0.29) is 23.3 Å². The van der Waals surface area contributed by atoms with E-state index in [0.29, 0.717) is 33.7 Å². The lowest BCUT2D eigenvalue weighted by Gasteiger charge is -2.18. The van der Waals surface area contributed by atoms with Crippen molar-refractivity contribution in [2.75, 3.05) is 33.3 Å². The van der Waals surface area contributed by atoms with Gasteiger partial charge in [0.1, 0.15) is 5.00 Å². The number of anilines is 1. The number of fused-ring (bicyclic) bond motifs is 1. The van der Waals surface area contributed by atoms with E-state index in [4.69, 9.17) is 31.2 Å². The van der Waals surface area contributed by atoms with Gasteiger partial charge in [-0.2, -0.15) is 0 Å². The van der Waals surface area contributed by atoms with Crippen molar-refractivity contribution < 1.29 is 28.5 Å². The number of amides is 1. The van der Waals surface area contributed by atoms with Gasteiger partial charge in [0.25, 0.3) is 5.91 Å². The van der Waals surface area contributed by atoms with Gasteiger partial charge in [-0.15, -0.1) is 11.3 Å². The van der Waals surface area contributed by atoms with Crippen LogP contribution in [0.3, 0.4) is 0 Å². The van der Waals surface area contributed by atoms with Gasteiger partial charge in [0.15, 0.2) is 16.6 Å². The highest BCUT2D eigenvalue weighted by atomic mass is 32.1. The number of thiocarbonyl (C=S) groups is 1. The van der Waals surface area contributed by atoms with Crippen LogP contribution in [0.1, 0.15) is 51.4 Å². The third-order valence-corrected chi connectivity index (χ3v) is 6.75. The highest BCUT2D eigenvalue weighted by Crippen LogP contribution is 2.40. The molecule has 0 saturated heterocycles. The van der Waals surface area contributed by atoms with Crippen molar-refractivity contribution in [3.63, 3.8) is 0 Å². The zero-order valence-electron chi connectivity index (χ0n) is 19.3. The van der Waals surface area contributed by atoms with Crippen molar-refractivity contribution in [1.29, 1.82) is 0 Å². The standard InChI is InChI=1S/C23H28N2O6S2/c1-6-31-22(27)18-14-8-7-12(2)9-17(14)33-21(18)25-23(32)24-20(26)13-10-15(28-3)19(30-5)16(11-13)29-4/h10-12H,6-9H2,1-5H3,(H2,24,25,26,32). The Balaban J connectivity index is 1.82. The topological polar surface area (TPSA) is 95.1 Å². The van der Waals surface area contributed by atoms with Gasteiger partial charge in [0.05, 0.1) is 33.5 Å².